The maximum Gasteiger partial charge on any atom is 0.269 e. The summed E-state index contributed by atoms with van der Waals surface area (Å²) in [5, 5.41) is 7.33. The highest BCUT2D eigenvalue weighted by molar-refractivity contribution is 5.90. The van der Waals surface area contributed by atoms with Gasteiger partial charge in [-0.2, -0.15) is 5.10 Å². The van der Waals surface area contributed by atoms with E-state index in [4.69, 9.17) is 10.5 Å². The van der Waals surface area contributed by atoms with Crippen LogP contribution in [0.1, 0.15) is 16.9 Å². The van der Waals surface area contributed by atoms with Crippen LogP contribution < -0.4 is 11.1 Å². The summed E-state index contributed by atoms with van der Waals surface area (Å²) in [6, 6.07) is 1.63. The highest BCUT2D eigenvalue weighted by Gasteiger charge is 2.13. The lowest BCUT2D eigenvalue weighted by atomic mass is 10.2. The summed E-state index contributed by atoms with van der Waals surface area (Å²) < 4.78 is 7.28. The van der Waals surface area contributed by atoms with Crippen molar-refractivity contribution in [3.05, 3.63) is 18.0 Å². The predicted molar refractivity (Wildman–Crippen MR) is 58.0 cm³/mol. The van der Waals surface area contributed by atoms with Crippen molar-refractivity contribution in [1.82, 2.24) is 15.1 Å². The number of primary amides is 1. The van der Waals surface area contributed by atoms with Crippen LogP contribution in [0.3, 0.4) is 0 Å². The number of morpholine rings is 1. The summed E-state index contributed by atoms with van der Waals surface area (Å²) in [4.78, 5) is 10.8. The highest BCUT2D eigenvalue weighted by atomic mass is 16.5. The third-order valence-electron chi connectivity index (χ3n) is 2.58. The second-order valence-electron chi connectivity index (χ2n) is 3.81. The van der Waals surface area contributed by atoms with Gasteiger partial charge in [-0.3, -0.25) is 9.48 Å². The van der Waals surface area contributed by atoms with E-state index >= 15 is 0 Å². The molecule has 1 unspecified atom stereocenters. The van der Waals surface area contributed by atoms with E-state index in [0.717, 1.165) is 32.7 Å². The maximum atomic E-state index is 10.8. The number of aromatic nitrogens is 2. The van der Waals surface area contributed by atoms with Crippen LogP contribution in [0.5, 0.6) is 0 Å². The van der Waals surface area contributed by atoms with Crippen molar-refractivity contribution >= 4 is 5.91 Å². The average Bonchev–Trinajstić information content (AvgIpc) is 2.76. The first-order valence-corrected chi connectivity index (χ1v) is 5.41. The lowest BCUT2D eigenvalue weighted by Crippen LogP contribution is -2.39. The maximum absolute atomic E-state index is 10.8. The van der Waals surface area contributed by atoms with Crippen molar-refractivity contribution in [1.29, 1.82) is 0 Å². The Morgan fingerprint density at radius 3 is 3.25 bits per heavy atom. The molecule has 1 aliphatic rings. The smallest absolute Gasteiger partial charge is 0.269 e. The second-order valence-corrected chi connectivity index (χ2v) is 3.81. The fraction of sp³-hybridized carbons (Fsp3) is 0.600. The molecule has 3 N–H and O–H groups in total. The van der Waals surface area contributed by atoms with E-state index in [9.17, 15) is 4.79 Å². The Labute approximate surface area is 93.8 Å². The van der Waals surface area contributed by atoms with Crippen LogP contribution in [0.4, 0.5) is 0 Å². The number of amides is 1. The first-order chi connectivity index (χ1) is 7.75. The summed E-state index contributed by atoms with van der Waals surface area (Å²) in [6.07, 6.45) is 2.87. The first kappa shape index (κ1) is 11.1. The van der Waals surface area contributed by atoms with Gasteiger partial charge in [0.25, 0.3) is 5.91 Å². The van der Waals surface area contributed by atoms with Crippen molar-refractivity contribution in [2.75, 3.05) is 19.7 Å². The number of carbonyl (C=O) groups is 1. The van der Waals surface area contributed by atoms with Gasteiger partial charge in [-0.15, -0.1) is 0 Å². The van der Waals surface area contributed by atoms with Crippen LogP contribution in [0.2, 0.25) is 0 Å². The molecule has 1 aromatic rings. The molecule has 1 atom stereocenters. The molecule has 1 fully saturated rings. The van der Waals surface area contributed by atoms with Crippen LogP contribution in [-0.2, 0) is 11.3 Å². The van der Waals surface area contributed by atoms with Crippen molar-refractivity contribution in [2.45, 2.75) is 19.1 Å². The molecule has 0 aliphatic carbocycles. The molecule has 88 valence electrons. The summed E-state index contributed by atoms with van der Waals surface area (Å²) in [5.41, 5.74) is 5.42. The Morgan fingerprint density at radius 1 is 1.75 bits per heavy atom. The Balaban J connectivity index is 1.81. The second kappa shape index (κ2) is 5.09. The van der Waals surface area contributed by atoms with E-state index in [-0.39, 0.29) is 6.10 Å². The zero-order valence-electron chi connectivity index (χ0n) is 9.06. The fourth-order valence-electron chi connectivity index (χ4n) is 1.70. The summed E-state index contributed by atoms with van der Waals surface area (Å²) in [6.45, 7) is 3.30. The Kier molecular flexibility index (Phi) is 3.53. The molecule has 1 aromatic heterocycles. The fourth-order valence-corrected chi connectivity index (χ4v) is 1.70. The Bertz CT molecular complexity index is 357. The van der Waals surface area contributed by atoms with Crippen LogP contribution >= 0.6 is 0 Å². The Hall–Kier alpha value is -1.40. The van der Waals surface area contributed by atoms with Gasteiger partial charge < -0.3 is 15.8 Å². The van der Waals surface area contributed by atoms with Gasteiger partial charge >= 0.3 is 0 Å². The number of rotatable bonds is 4. The molecule has 2 heterocycles. The zero-order valence-corrected chi connectivity index (χ0v) is 9.06. The molecule has 0 radical (unpaired) electrons. The van der Waals surface area contributed by atoms with Gasteiger partial charge in [-0.1, -0.05) is 0 Å². The molecule has 16 heavy (non-hydrogen) atoms. The molecule has 1 amide bonds. The number of hydrogen-bond donors (Lipinski definition) is 2. The molecule has 6 nitrogen and oxygen atoms in total. The van der Waals surface area contributed by atoms with Gasteiger partial charge in [0.15, 0.2) is 0 Å². The van der Waals surface area contributed by atoms with Crippen molar-refractivity contribution < 1.29 is 9.53 Å². The molecule has 6 heteroatoms. The molecular formula is C10H16N4O2. The van der Waals surface area contributed by atoms with E-state index in [0.29, 0.717) is 5.69 Å². The molecular weight excluding hydrogens is 208 g/mol. The minimum atomic E-state index is -0.491. The molecule has 0 spiro atoms. The topological polar surface area (TPSA) is 82.2 Å². The minimum Gasteiger partial charge on any atom is -0.376 e. The van der Waals surface area contributed by atoms with E-state index in [1.807, 2.05) is 0 Å². The molecule has 2 rings (SSSR count). The number of ether oxygens (including phenoxy) is 1. The van der Waals surface area contributed by atoms with Gasteiger partial charge in [-0.25, -0.2) is 0 Å². The number of nitrogens with zero attached hydrogens (tertiary/aromatic N) is 2. The van der Waals surface area contributed by atoms with Crippen LogP contribution in [0.25, 0.3) is 0 Å². The van der Waals surface area contributed by atoms with Crippen LogP contribution in [0, 0.1) is 0 Å². The summed E-state index contributed by atoms with van der Waals surface area (Å²) in [7, 11) is 0. The molecule has 0 saturated carbocycles. The number of hydrogen-bond acceptors (Lipinski definition) is 4. The standard InChI is InChI=1S/C10H16N4O2/c11-10(15)9-2-5-14(13-9)4-1-8-7-12-3-6-16-8/h2,5,8,12H,1,3-4,6-7H2,(H2,11,15). The number of nitrogens with two attached hydrogens (primary N) is 1. The third kappa shape index (κ3) is 2.80. The number of nitrogens with one attached hydrogen (secondary N) is 1. The van der Waals surface area contributed by atoms with Crippen molar-refractivity contribution in [3.8, 4) is 0 Å². The first-order valence-electron chi connectivity index (χ1n) is 5.41. The van der Waals surface area contributed by atoms with E-state index in [1.54, 1.807) is 16.9 Å². The highest BCUT2D eigenvalue weighted by Crippen LogP contribution is 2.04. The van der Waals surface area contributed by atoms with Crippen LogP contribution in [0.15, 0.2) is 12.3 Å². The lowest BCUT2D eigenvalue weighted by Gasteiger charge is -2.23. The molecule has 0 bridgehead atoms. The molecule has 1 saturated heterocycles. The van der Waals surface area contributed by atoms with E-state index in [2.05, 4.69) is 10.4 Å². The van der Waals surface area contributed by atoms with Gasteiger partial charge in [0, 0.05) is 25.8 Å². The SMILES string of the molecule is NC(=O)c1ccn(CCC2CNCCO2)n1. The predicted octanol–water partition coefficient (Wildman–Crippen LogP) is -0.640. The van der Waals surface area contributed by atoms with Gasteiger partial charge in [-0.05, 0) is 12.5 Å². The average molecular weight is 224 g/mol. The largest absolute Gasteiger partial charge is 0.376 e. The molecule has 0 aromatic carbocycles. The summed E-state index contributed by atoms with van der Waals surface area (Å²) in [5.74, 6) is -0.491. The van der Waals surface area contributed by atoms with E-state index < -0.39 is 5.91 Å². The monoisotopic (exact) mass is 224 g/mol. The minimum absolute atomic E-state index is 0.231. The van der Waals surface area contributed by atoms with Gasteiger partial charge in [0.2, 0.25) is 0 Å². The van der Waals surface area contributed by atoms with E-state index in [1.165, 1.54) is 0 Å². The van der Waals surface area contributed by atoms with Crippen LogP contribution in [-0.4, -0.2) is 41.5 Å². The normalized spacial score (nSPS) is 20.9. The number of aryl methyl sites for hydroxylation is 1. The quantitative estimate of drug-likeness (QED) is 0.712. The van der Waals surface area contributed by atoms with Gasteiger partial charge in [0.05, 0.1) is 12.7 Å². The summed E-state index contributed by atoms with van der Waals surface area (Å²) >= 11 is 0. The van der Waals surface area contributed by atoms with Crippen molar-refractivity contribution in [2.24, 2.45) is 5.73 Å². The Morgan fingerprint density at radius 2 is 2.62 bits per heavy atom. The zero-order chi connectivity index (χ0) is 11.4. The third-order valence-corrected chi connectivity index (χ3v) is 2.58. The lowest BCUT2D eigenvalue weighted by molar-refractivity contribution is 0.0205. The number of carbonyl (C=O) groups excluding carboxylic acids is 1. The van der Waals surface area contributed by atoms with Gasteiger partial charge in [0.1, 0.15) is 5.69 Å². The molecule has 1 aliphatic heterocycles. The van der Waals surface area contributed by atoms with Crippen molar-refractivity contribution in [3.63, 3.8) is 0 Å².